The van der Waals surface area contributed by atoms with Gasteiger partial charge in [0.15, 0.2) is 6.61 Å². The summed E-state index contributed by atoms with van der Waals surface area (Å²) in [5, 5.41) is 2.55. The number of hydrogen-bond donors (Lipinski definition) is 1. The summed E-state index contributed by atoms with van der Waals surface area (Å²) in [5.74, 6) is -0.209. The topological polar surface area (TPSA) is 64.6 Å². The zero-order valence-electron chi connectivity index (χ0n) is 11.6. The van der Waals surface area contributed by atoms with E-state index in [2.05, 4.69) is 21.2 Å². The number of benzene rings is 1. The largest absolute Gasteiger partial charge is 0.481 e. The molecule has 1 aromatic rings. The molecule has 0 spiro atoms. The quantitative estimate of drug-likeness (QED) is 0.464. The molecular weight excluding hydrogens is 390 g/mol. The van der Waals surface area contributed by atoms with Gasteiger partial charge in [0, 0.05) is 10.0 Å². The number of rotatable bonds is 5. The predicted molar refractivity (Wildman–Crippen MR) is 92.6 cm³/mol. The highest BCUT2D eigenvalue weighted by atomic mass is 79.9. The van der Waals surface area contributed by atoms with Crippen LogP contribution in [0, 0.1) is 0 Å². The molecule has 116 valence electrons. The van der Waals surface area contributed by atoms with Crippen LogP contribution in [-0.4, -0.2) is 29.4 Å². The van der Waals surface area contributed by atoms with Crippen LogP contribution < -0.4 is 10.1 Å². The van der Waals surface area contributed by atoms with Crippen LogP contribution in [0.4, 0.5) is 0 Å². The molecule has 1 amide bonds. The maximum atomic E-state index is 11.7. The Bertz CT molecular complexity index is 660. The van der Waals surface area contributed by atoms with E-state index >= 15 is 0 Å². The molecule has 1 N–H and O–H groups in total. The van der Waals surface area contributed by atoms with E-state index in [1.165, 1.54) is 11.8 Å². The molecule has 1 saturated heterocycles. The Morgan fingerprint density at radius 1 is 1.50 bits per heavy atom. The minimum atomic E-state index is -0.446. The van der Waals surface area contributed by atoms with E-state index in [9.17, 15) is 9.59 Å². The third-order valence-electron chi connectivity index (χ3n) is 2.55. The molecule has 0 aromatic heterocycles. The molecule has 5 nitrogen and oxygen atoms in total. The smallest absolute Gasteiger partial charge is 0.344 e. The number of halogens is 1. The minimum absolute atomic E-state index is 0.191. The van der Waals surface area contributed by atoms with Crippen molar-refractivity contribution < 1.29 is 19.1 Å². The van der Waals surface area contributed by atoms with E-state index in [4.69, 9.17) is 21.7 Å². The molecule has 0 unspecified atom stereocenters. The fourth-order valence-electron chi connectivity index (χ4n) is 1.67. The van der Waals surface area contributed by atoms with Crippen LogP contribution in [-0.2, 0) is 14.3 Å². The van der Waals surface area contributed by atoms with Gasteiger partial charge in [-0.05, 0) is 31.2 Å². The number of thiocarbonyl (C=S) groups is 1. The average Bonchev–Trinajstić information content (AvgIpc) is 2.76. The van der Waals surface area contributed by atoms with Crippen molar-refractivity contribution in [3.63, 3.8) is 0 Å². The Hall–Kier alpha value is -1.38. The zero-order chi connectivity index (χ0) is 16.1. The van der Waals surface area contributed by atoms with Gasteiger partial charge >= 0.3 is 5.97 Å². The van der Waals surface area contributed by atoms with Crippen molar-refractivity contribution in [1.82, 2.24) is 5.32 Å². The first-order chi connectivity index (χ1) is 10.5. The monoisotopic (exact) mass is 401 g/mol. The first-order valence-electron chi connectivity index (χ1n) is 6.32. The van der Waals surface area contributed by atoms with Gasteiger partial charge in [0.1, 0.15) is 10.1 Å². The van der Waals surface area contributed by atoms with Gasteiger partial charge in [-0.3, -0.25) is 4.79 Å². The van der Waals surface area contributed by atoms with Crippen molar-refractivity contribution in [3.05, 3.63) is 33.1 Å². The van der Waals surface area contributed by atoms with Gasteiger partial charge in [-0.1, -0.05) is 39.9 Å². The summed E-state index contributed by atoms with van der Waals surface area (Å²) < 4.78 is 11.5. The van der Waals surface area contributed by atoms with E-state index < -0.39 is 5.97 Å². The standard InChI is InChI=1S/C14H12BrNO4S2/c1-2-19-12(17)7-20-10-4-3-9(15)5-8(10)6-11-13(18)16-14(21)22-11/h3-6H,2,7H2,1H3,(H,16,18,21)/b11-6-. The lowest BCUT2D eigenvalue weighted by Crippen LogP contribution is -2.17. The van der Waals surface area contributed by atoms with Crippen LogP contribution in [0.1, 0.15) is 12.5 Å². The maximum Gasteiger partial charge on any atom is 0.344 e. The molecular formula is C14H12BrNO4S2. The van der Waals surface area contributed by atoms with Crippen LogP contribution in [0.3, 0.4) is 0 Å². The van der Waals surface area contributed by atoms with Gasteiger partial charge in [0.2, 0.25) is 0 Å². The van der Waals surface area contributed by atoms with Crippen molar-refractivity contribution in [2.75, 3.05) is 13.2 Å². The Kier molecular flexibility index (Phi) is 5.98. The molecule has 0 atom stereocenters. The molecule has 2 rings (SSSR count). The maximum absolute atomic E-state index is 11.7. The average molecular weight is 402 g/mol. The van der Waals surface area contributed by atoms with Gasteiger partial charge in [0.05, 0.1) is 11.5 Å². The molecule has 1 heterocycles. The Balaban J connectivity index is 2.21. The van der Waals surface area contributed by atoms with E-state index in [0.717, 1.165) is 4.47 Å². The summed E-state index contributed by atoms with van der Waals surface area (Å²) in [4.78, 5) is 23.6. The number of ether oxygens (including phenoxy) is 2. The Morgan fingerprint density at radius 2 is 2.27 bits per heavy atom. The fraction of sp³-hybridized carbons (Fsp3) is 0.214. The summed E-state index contributed by atoms with van der Waals surface area (Å²) in [6.07, 6.45) is 1.67. The highest BCUT2D eigenvalue weighted by Crippen LogP contribution is 2.31. The van der Waals surface area contributed by atoms with Crippen LogP contribution in [0.2, 0.25) is 0 Å². The molecule has 22 heavy (non-hydrogen) atoms. The van der Waals surface area contributed by atoms with Crippen molar-refractivity contribution in [2.24, 2.45) is 0 Å². The Morgan fingerprint density at radius 3 is 2.91 bits per heavy atom. The summed E-state index contributed by atoms with van der Waals surface area (Å²) >= 11 is 9.50. The van der Waals surface area contributed by atoms with E-state index in [0.29, 0.717) is 27.1 Å². The molecule has 0 aliphatic carbocycles. The van der Waals surface area contributed by atoms with Crippen molar-refractivity contribution >= 4 is 62.2 Å². The second-order valence-corrected chi connectivity index (χ2v) is 6.76. The van der Waals surface area contributed by atoms with Crippen molar-refractivity contribution in [3.8, 4) is 5.75 Å². The minimum Gasteiger partial charge on any atom is -0.481 e. The summed E-state index contributed by atoms with van der Waals surface area (Å²) in [6, 6.07) is 5.29. The molecule has 0 radical (unpaired) electrons. The first-order valence-corrected chi connectivity index (χ1v) is 8.34. The normalized spacial score (nSPS) is 15.8. The molecule has 1 aromatic carbocycles. The highest BCUT2D eigenvalue weighted by Gasteiger charge is 2.22. The van der Waals surface area contributed by atoms with E-state index in [1.54, 1.807) is 31.2 Å². The van der Waals surface area contributed by atoms with E-state index in [1.807, 2.05) is 0 Å². The van der Waals surface area contributed by atoms with Gasteiger partial charge < -0.3 is 14.8 Å². The van der Waals surface area contributed by atoms with Crippen molar-refractivity contribution in [1.29, 1.82) is 0 Å². The van der Waals surface area contributed by atoms with Gasteiger partial charge in [0.25, 0.3) is 5.91 Å². The Labute approximate surface area is 145 Å². The number of esters is 1. The molecule has 1 aliphatic heterocycles. The first kappa shape index (κ1) is 17.0. The number of amides is 1. The lowest BCUT2D eigenvalue weighted by atomic mass is 10.2. The number of carbonyl (C=O) groups is 2. The summed E-state index contributed by atoms with van der Waals surface area (Å²) in [5.41, 5.74) is 0.668. The molecule has 1 fully saturated rings. The van der Waals surface area contributed by atoms with Crippen LogP contribution in [0.5, 0.6) is 5.75 Å². The number of nitrogens with one attached hydrogen (secondary N) is 1. The molecule has 1 aliphatic rings. The van der Waals surface area contributed by atoms with Gasteiger partial charge in [-0.25, -0.2) is 4.79 Å². The lowest BCUT2D eigenvalue weighted by molar-refractivity contribution is -0.145. The van der Waals surface area contributed by atoms with Crippen LogP contribution in [0.15, 0.2) is 27.6 Å². The predicted octanol–water partition coefficient (Wildman–Crippen LogP) is 2.88. The van der Waals surface area contributed by atoms with Crippen molar-refractivity contribution in [2.45, 2.75) is 6.92 Å². The van der Waals surface area contributed by atoms with Crippen LogP contribution in [0.25, 0.3) is 6.08 Å². The summed E-state index contributed by atoms with van der Waals surface area (Å²) in [7, 11) is 0. The number of hydrogen-bond acceptors (Lipinski definition) is 6. The molecule has 8 heteroatoms. The molecule has 0 saturated carbocycles. The molecule has 0 bridgehead atoms. The fourth-order valence-corrected chi connectivity index (χ4v) is 3.08. The summed E-state index contributed by atoms with van der Waals surface area (Å²) in [6.45, 7) is 1.84. The number of thioether (sulfide) groups is 1. The zero-order valence-corrected chi connectivity index (χ0v) is 14.8. The second kappa shape index (κ2) is 7.75. The van der Waals surface area contributed by atoms with E-state index in [-0.39, 0.29) is 12.5 Å². The number of carbonyl (C=O) groups excluding carboxylic acids is 2. The second-order valence-electron chi connectivity index (χ2n) is 4.13. The third-order valence-corrected chi connectivity index (χ3v) is 4.21. The van der Waals surface area contributed by atoms with Gasteiger partial charge in [-0.2, -0.15) is 0 Å². The van der Waals surface area contributed by atoms with Crippen LogP contribution >= 0.6 is 39.9 Å². The van der Waals surface area contributed by atoms with Gasteiger partial charge in [-0.15, -0.1) is 0 Å². The lowest BCUT2D eigenvalue weighted by Gasteiger charge is -2.09. The highest BCUT2D eigenvalue weighted by molar-refractivity contribution is 9.10. The SMILES string of the molecule is CCOC(=O)COc1ccc(Br)cc1/C=C1\SC(=S)NC1=O. The third kappa shape index (κ3) is 4.56.